The van der Waals surface area contributed by atoms with Gasteiger partial charge in [-0.2, -0.15) is 0 Å². The van der Waals surface area contributed by atoms with Gasteiger partial charge < -0.3 is 15.4 Å². The smallest absolute Gasteiger partial charge is 0.224 e. The third-order valence-electron chi connectivity index (χ3n) is 3.68. The summed E-state index contributed by atoms with van der Waals surface area (Å²) in [6.45, 7) is 2.37. The molecule has 0 radical (unpaired) electrons. The zero-order valence-corrected chi connectivity index (χ0v) is 10.3. The monoisotopic (exact) mass is 246 g/mol. The minimum Gasteiger partial charge on any atom is -0.491 e. The maximum Gasteiger partial charge on any atom is 0.224 e. The van der Waals surface area contributed by atoms with Crippen LogP contribution in [-0.4, -0.2) is 25.6 Å². The van der Waals surface area contributed by atoms with Gasteiger partial charge in [0.15, 0.2) is 0 Å². The molecule has 0 bridgehead atoms. The van der Waals surface area contributed by atoms with Gasteiger partial charge in [-0.3, -0.25) is 4.79 Å². The standard InChI is InChI=1S/C14H18N2O2/c17-14(10-4-3-7-15-8-10)16-12-9-18-13-6-2-1-5-11(12)13/h1-2,5-6,10,12,15H,3-4,7-9H2,(H,16,17)/t10-,12?/m1/s1. The summed E-state index contributed by atoms with van der Waals surface area (Å²) in [5.74, 6) is 1.14. The van der Waals surface area contributed by atoms with Crippen LogP contribution in [0.1, 0.15) is 24.4 Å². The summed E-state index contributed by atoms with van der Waals surface area (Å²) in [5, 5.41) is 6.37. The van der Waals surface area contributed by atoms with Gasteiger partial charge in [0.2, 0.25) is 5.91 Å². The van der Waals surface area contributed by atoms with Crippen molar-refractivity contribution in [2.75, 3.05) is 19.7 Å². The molecule has 1 unspecified atom stereocenters. The first-order chi connectivity index (χ1) is 8.84. The summed E-state index contributed by atoms with van der Waals surface area (Å²) in [6, 6.07) is 7.91. The van der Waals surface area contributed by atoms with Gasteiger partial charge in [0.1, 0.15) is 12.4 Å². The Hall–Kier alpha value is -1.55. The predicted octanol–water partition coefficient (Wildman–Crippen LogP) is 1.24. The quantitative estimate of drug-likeness (QED) is 0.825. The van der Waals surface area contributed by atoms with Crippen molar-refractivity contribution in [3.8, 4) is 5.75 Å². The Kier molecular flexibility index (Phi) is 3.19. The van der Waals surface area contributed by atoms with Crippen molar-refractivity contribution in [3.05, 3.63) is 29.8 Å². The van der Waals surface area contributed by atoms with Gasteiger partial charge >= 0.3 is 0 Å². The zero-order valence-electron chi connectivity index (χ0n) is 10.3. The van der Waals surface area contributed by atoms with Gasteiger partial charge in [0.05, 0.1) is 12.0 Å². The van der Waals surface area contributed by atoms with Gasteiger partial charge in [-0.1, -0.05) is 18.2 Å². The molecule has 3 rings (SSSR count). The van der Waals surface area contributed by atoms with Crippen LogP contribution in [0.3, 0.4) is 0 Å². The molecule has 0 saturated carbocycles. The Bertz CT molecular complexity index is 441. The largest absolute Gasteiger partial charge is 0.491 e. The second kappa shape index (κ2) is 4.98. The third-order valence-corrected chi connectivity index (χ3v) is 3.68. The number of ether oxygens (including phenoxy) is 1. The van der Waals surface area contributed by atoms with Crippen LogP contribution in [0.25, 0.3) is 0 Å². The van der Waals surface area contributed by atoms with Crippen LogP contribution < -0.4 is 15.4 Å². The Balaban J connectivity index is 1.65. The van der Waals surface area contributed by atoms with E-state index in [1.165, 1.54) is 0 Å². The number of fused-ring (bicyclic) bond motifs is 1. The summed E-state index contributed by atoms with van der Waals surface area (Å²) < 4.78 is 5.57. The molecule has 2 atom stereocenters. The molecular weight excluding hydrogens is 228 g/mol. The number of nitrogens with one attached hydrogen (secondary N) is 2. The van der Waals surface area contributed by atoms with Crippen molar-refractivity contribution in [1.29, 1.82) is 0 Å². The topological polar surface area (TPSA) is 50.4 Å². The van der Waals surface area contributed by atoms with Crippen LogP contribution in [0.5, 0.6) is 5.75 Å². The van der Waals surface area contributed by atoms with E-state index in [2.05, 4.69) is 10.6 Å². The highest BCUT2D eigenvalue weighted by atomic mass is 16.5. The van der Waals surface area contributed by atoms with Crippen LogP contribution in [-0.2, 0) is 4.79 Å². The summed E-state index contributed by atoms with van der Waals surface area (Å²) in [5.41, 5.74) is 1.09. The van der Waals surface area contributed by atoms with Gasteiger partial charge in [-0.15, -0.1) is 0 Å². The molecule has 2 aliphatic heterocycles. The Morgan fingerprint density at radius 3 is 3.11 bits per heavy atom. The SMILES string of the molecule is O=C(NC1COc2ccccc21)[C@@H]1CCCNC1. The minimum atomic E-state index is 0.00984. The molecular formula is C14H18N2O2. The molecule has 96 valence electrons. The first-order valence-electron chi connectivity index (χ1n) is 6.57. The number of carbonyl (C=O) groups is 1. The van der Waals surface area contributed by atoms with E-state index in [9.17, 15) is 4.79 Å². The summed E-state index contributed by atoms with van der Waals surface area (Å²) in [7, 11) is 0. The average Bonchev–Trinajstić information content (AvgIpc) is 2.83. The number of rotatable bonds is 2. The van der Waals surface area contributed by atoms with E-state index < -0.39 is 0 Å². The molecule has 2 N–H and O–H groups in total. The van der Waals surface area contributed by atoms with Gasteiger partial charge in [-0.25, -0.2) is 0 Å². The number of hydrogen-bond acceptors (Lipinski definition) is 3. The summed E-state index contributed by atoms with van der Waals surface area (Å²) >= 11 is 0. The molecule has 18 heavy (non-hydrogen) atoms. The lowest BCUT2D eigenvalue weighted by molar-refractivity contribution is -0.126. The van der Waals surface area contributed by atoms with Gasteiger partial charge in [0, 0.05) is 12.1 Å². The predicted molar refractivity (Wildman–Crippen MR) is 68.4 cm³/mol. The average molecular weight is 246 g/mol. The van der Waals surface area contributed by atoms with Crippen molar-refractivity contribution in [3.63, 3.8) is 0 Å². The fourth-order valence-corrected chi connectivity index (χ4v) is 2.65. The Labute approximate surface area is 107 Å². The van der Waals surface area contributed by atoms with Crippen molar-refractivity contribution in [2.45, 2.75) is 18.9 Å². The molecule has 0 spiro atoms. The van der Waals surface area contributed by atoms with Crippen molar-refractivity contribution < 1.29 is 9.53 Å². The van der Waals surface area contributed by atoms with Crippen LogP contribution in [0, 0.1) is 5.92 Å². The van der Waals surface area contributed by atoms with E-state index in [0.29, 0.717) is 6.61 Å². The molecule has 4 heteroatoms. The molecule has 1 aromatic carbocycles. The molecule has 2 heterocycles. The zero-order chi connectivity index (χ0) is 12.4. The van der Waals surface area contributed by atoms with E-state index in [1.807, 2.05) is 24.3 Å². The Morgan fingerprint density at radius 1 is 1.39 bits per heavy atom. The fraction of sp³-hybridized carbons (Fsp3) is 0.500. The first kappa shape index (κ1) is 11.5. The highest BCUT2D eigenvalue weighted by Gasteiger charge is 2.28. The second-order valence-corrected chi connectivity index (χ2v) is 4.95. The number of carbonyl (C=O) groups excluding carboxylic acids is 1. The lowest BCUT2D eigenvalue weighted by atomic mass is 9.98. The highest BCUT2D eigenvalue weighted by Crippen LogP contribution is 2.31. The van der Waals surface area contributed by atoms with E-state index in [1.54, 1.807) is 0 Å². The first-order valence-corrected chi connectivity index (χ1v) is 6.57. The van der Waals surface area contributed by atoms with Crippen LogP contribution in [0.2, 0.25) is 0 Å². The number of piperidine rings is 1. The van der Waals surface area contributed by atoms with Crippen molar-refractivity contribution >= 4 is 5.91 Å². The van der Waals surface area contributed by atoms with Crippen molar-refractivity contribution in [2.24, 2.45) is 5.92 Å². The van der Waals surface area contributed by atoms with E-state index in [0.717, 1.165) is 37.2 Å². The molecule has 1 amide bonds. The molecule has 0 aromatic heterocycles. The number of benzene rings is 1. The molecule has 4 nitrogen and oxygen atoms in total. The Morgan fingerprint density at radius 2 is 2.28 bits per heavy atom. The molecule has 1 saturated heterocycles. The minimum absolute atomic E-state index is 0.00984. The second-order valence-electron chi connectivity index (χ2n) is 4.95. The van der Waals surface area contributed by atoms with Gasteiger partial charge in [-0.05, 0) is 25.5 Å². The molecule has 0 aliphatic carbocycles. The van der Waals surface area contributed by atoms with Gasteiger partial charge in [0.25, 0.3) is 0 Å². The van der Waals surface area contributed by atoms with Crippen LogP contribution >= 0.6 is 0 Å². The highest BCUT2D eigenvalue weighted by molar-refractivity contribution is 5.79. The number of hydrogen-bond donors (Lipinski definition) is 2. The van der Waals surface area contributed by atoms with E-state index in [-0.39, 0.29) is 17.9 Å². The lowest BCUT2D eigenvalue weighted by Crippen LogP contribution is -2.42. The van der Waals surface area contributed by atoms with Crippen LogP contribution in [0.15, 0.2) is 24.3 Å². The summed E-state index contributed by atoms with van der Waals surface area (Å²) in [6.07, 6.45) is 2.06. The lowest BCUT2D eigenvalue weighted by Gasteiger charge is -2.23. The van der Waals surface area contributed by atoms with Crippen LogP contribution in [0.4, 0.5) is 0 Å². The third kappa shape index (κ3) is 2.20. The number of amides is 1. The van der Waals surface area contributed by atoms with E-state index in [4.69, 9.17) is 4.74 Å². The van der Waals surface area contributed by atoms with E-state index >= 15 is 0 Å². The molecule has 1 aromatic rings. The molecule has 1 fully saturated rings. The van der Waals surface area contributed by atoms with Crippen molar-refractivity contribution in [1.82, 2.24) is 10.6 Å². The number of para-hydroxylation sites is 1. The summed E-state index contributed by atoms with van der Waals surface area (Å²) in [4.78, 5) is 12.2. The maximum atomic E-state index is 12.2. The normalized spacial score (nSPS) is 26.2. The fourth-order valence-electron chi connectivity index (χ4n) is 2.65. The molecule has 2 aliphatic rings. The maximum absolute atomic E-state index is 12.2.